The first-order chi connectivity index (χ1) is 14.8. The Morgan fingerprint density at radius 1 is 1.23 bits per heavy atom. The maximum absolute atomic E-state index is 15.1. The molecule has 3 N–H and O–H groups in total. The average molecular weight is 453 g/mol. The Balaban J connectivity index is 1.69. The fraction of sp³-hybridized carbons (Fsp3) is 0.421. The van der Waals surface area contributed by atoms with Gasteiger partial charge in [0.2, 0.25) is 0 Å². The average Bonchev–Trinajstić information content (AvgIpc) is 3.25. The van der Waals surface area contributed by atoms with E-state index in [4.69, 9.17) is 16.3 Å². The van der Waals surface area contributed by atoms with Crippen molar-refractivity contribution >= 4 is 23.2 Å². The molecule has 4 rings (SSSR count). The lowest BCUT2D eigenvalue weighted by molar-refractivity contribution is 0.279. The van der Waals surface area contributed by atoms with Crippen molar-refractivity contribution in [3.05, 3.63) is 35.2 Å². The van der Waals surface area contributed by atoms with Crippen LogP contribution in [0.4, 0.5) is 14.6 Å². The first kappa shape index (κ1) is 21.6. The molecule has 3 heterocycles. The maximum atomic E-state index is 15.1. The van der Waals surface area contributed by atoms with Crippen molar-refractivity contribution in [2.75, 3.05) is 39.1 Å². The molecule has 1 aliphatic heterocycles. The van der Waals surface area contributed by atoms with Gasteiger partial charge in [-0.1, -0.05) is 11.6 Å². The van der Waals surface area contributed by atoms with Crippen molar-refractivity contribution in [2.45, 2.75) is 19.0 Å². The van der Waals surface area contributed by atoms with E-state index in [0.717, 1.165) is 25.1 Å². The molecule has 1 aliphatic rings. The monoisotopic (exact) mass is 452 g/mol. The predicted octanol–water partition coefficient (Wildman–Crippen LogP) is 2.29. The van der Waals surface area contributed by atoms with Crippen LogP contribution < -0.4 is 20.9 Å². The Kier molecular flexibility index (Phi) is 5.93. The number of fused-ring (bicyclic) bond motifs is 1. The molecule has 1 saturated heterocycles. The lowest BCUT2D eigenvalue weighted by atomic mass is 10.1. The lowest BCUT2D eigenvalue weighted by Crippen LogP contribution is -2.26. The van der Waals surface area contributed by atoms with Crippen LogP contribution in [0.3, 0.4) is 0 Å². The minimum atomic E-state index is -0.817. The summed E-state index contributed by atoms with van der Waals surface area (Å²) in [5, 5.41) is 7.17. The van der Waals surface area contributed by atoms with E-state index in [1.807, 2.05) is 25.9 Å². The van der Waals surface area contributed by atoms with Gasteiger partial charge in [0.1, 0.15) is 40.3 Å². The summed E-state index contributed by atoms with van der Waals surface area (Å²) in [6, 6.07) is 2.29. The highest BCUT2D eigenvalue weighted by Gasteiger charge is 2.36. The molecule has 0 spiro atoms. The predicted molar refractivity (Wildman–Crippen MR) is 113 cm³/mol. The van der Waals surface area contributed by atoms with Crippen LogP contribution in [0.2, 0.25) is 5.15 Å². The third kappa shape index (κ3) is 4.69. The van der Waals surface area contributed by atoms with Gasteiger partial charge in [-0.05, 0) is 27.4 Å². The number of hydrogen-bond donors (Lipinski definition) is 3. The van der Waals surface area contributed by atoms with E-state index >= 15 is 8.78 Å². The Morgan fingerprint density at radius 3 is 2.58 bits per heavy atom. The maximum Gasteiger partial charge on any atom is 0.255 e. The first-order valence-electron chi connectivity index (χ1n) is 9.72. The van der Waals surface area contributed by atoms with Crippen molar-refractivity contribution in [3.63, 3.8) is 0 Å². The molecule has 1 aromatic carbocycles. The van der Waals surface area contributed by atoms with E-state index in [1.54, 1.807) is 0 Å². The Hall–Kier alpha value is -2.60. The molecule has 0 unspecified atom stereocenters. The molecule has 3 aromatic rings. The van der Waals surface area contributed by atoms with Crippen LogP contribution in [0.25, 0.3) is 16.9 Å². The largest absolute Gasteiger partial charge is 0.493 e. The minimum Gasteiger partial charge on any atom is -0.493 e. The molecule has 12 heteroatoms. The highest BCUT2D eigenvalue weighted by Crippen LogP contribution is 2.39. The van der Waals surface area contributed by atoms with E-state index in [-0.39, 0.29) is 39.3 Å². The third-order valence-corrected chi connectivity index (χ3v) is 5.10. The molecule has 0 aliphatic carbocycles. The molecule has 9 nitrogen and oxygen atoms in total. The lowest BCUT2D eigenvalue weighted by Gasteiger charge is -2.17. The number of nitrogens with zero attached hydrogens (tertiary/aromatic N) is 5. The summed E-state index contributed by atoms with van der Waals surface area (Å²) in [6.45, 7) is 3.46. The van der Waals surface area contributed by atoms with Gasteiger partial charge in [0.25, 0.3) is 5.78 Å². The van der Waals surface area contributed by atoms with E-state index in [2.05, 4.69) is 31.2 Å². The Morgan fingerprint density at radius 2 is 1.94 bits per heavy atom. The smallest absolute Gasteiger partial charge is 0.255 e. The van der Waals surface area contributed by atoms with E-state index in [0.29, 0.717) is 13.2 Å². The standard InChI is InChI=1S/C19H23ClF2N8O/c1-19(27-28-19)9-23-17-15(16(20)26-18-24-10-25-30(17)18)14-12(21)7-11(8-13(14)22)31-6-4-5-29(2)3/h7-8,10,23,27-28H,4-6,9H2,1-3H3. The molecule has 0 atom stereocenters. The van der Waals surface area contributed by atoms with Crippen molar-refractivity contribution in [3.8, 4) is 16.9 Å². The van der Waals surface area contributed by atoms with Crippen molar-refractivity contribution < 1.29 is 13.5 Å². The highest BCUT2D eigenvalue weighted by atomic mass is 35.5. The SMILES string of the molecule is CN(C)CCCOc1cc(F)c(-c2c(Cl)nc3ncnn3c2NCC2(C)NN2)c(F)c1. The number of anilines is 1. The molecule has 0 bridgehead atoms. The van der Waals surface area contributed by atoms with Crippen molar-refractivity contribution in [1.82, 2.24) is 35.3 Å². The number of nitrogens with one attached hydrogen (secondary N) is 3. The quantitative estimate of drug-likeness (QED) is 0.257. The second-order valence-electron chi connectivity index (χ2n) is 7.80. The van der Waals surface area contributed by atoms with Crippen LogP contribution in [0.1, 0.15) is 13.3 Å². The van der Waals surface area contributed by atoms with Crippen LogP contribution in [0, 0.1) is 11.6 Å². The fourth-order valence-electron chi connectivity index (χ4n) is 3.10. The number of hydrogen-bond acceptors (Lipinski definition) is 8. The number of halogens is 3. The molecule has 166 valence electrons. The zero-order valence-corrected chi connectivity index (χ0v) is 18.1. The van der Waals surface area contributed by atoms with Gasteiger partial charge in [0.05, 0.1) is 17.7 Å². The van der Waals surface area contributed by atoms with Gasteiger partial charge in [0.15, 0.2) is 0 Å². The Bertz CT molecular complexity index is 1080. The van der Waals surface area contributed by atoms with Crippen LogP contribution in [0.15, 0.2) is 18.5 Å². The number of benzene rings is 1. The molecule has 0 amide bonds. The van der Waals surface area contributed by atoms with Gasteiger partial charge in [-0.15, -0.1) is 0 Å². The van der Waals surface area contributed by atoms with E-state index < -0.39 is 11.6 Å². The topological polar surface area (TPSA) is 111 Å². The summed E-state index contributed by atoms with van der Waals surface area (Å²) in [7, 11) is 3.89. The summed E-state index contributed by atoms with van der Waals surface area (Å²) in [5.74, 6) is -1.04. The van der Waals surface area contributed by atoms with Gasteiger partial charge >= 0.3 is 0 Å². The van der Waals surface area contributed by atoms with Crippen LogP contribution in [0.5, 0.6) is 5.75 Å². The van der Waals surface area contributed by atoms with E-state index in [1.165, 1.54) is 10.8 Å². The van der Waals surface area contributed by atoms with Crippen LogP contribution in [-0.4, -0.2) is 63.9 Å². The number of hydrazine groups is 1. The zero-order chi connectivity index (χ0) is 22.2. The molecule has 0 radical (unpaired) electrons. The normalized spacial score (nSPS) is 14.9. The summed E-state index contributed by atoms with van der Waals surface area (Å²) in [5.41, 5.74) is 5.34. The summed E-state index contributed by atoms with van der Waals surface area (Å²) < 4.78 is 37.1. The number of ether oxygens (including phenoxy) is 1. The molecule has 31 heavy (non-hydrogen) atoms. The fourth-order valence-corrected chi connectivity index (χ4v) is 3.36. The van der Waals surface area contributed by atoms with Crippen molar-refractivity contribution in [2.24, 2.45) is 0 Å². The van der Waals surface area contributed by atoms with Gasteiger partial charge < -0.3 is 15.0 Å². The zero-order valence-electron chi connectivity index (χ0n) is 17.3. The summed E-state index contributed by atoms with van der Waals surface area (Å²) in [4.78, 5) is 10.2. The Labute approximate surface area is 182 Å². The van der Waals surface area contributed by atoms with Crippen LogP contribution in [-0.2, 0) is 0 Å². The molecule has 2 aromatic heterocycles. The minimum absolute atomic E-state index is 0.0538. The molecular formula is C19H23ClF2N8O. The van der Waals surface area contributed by atoms with Gasteiger partial charge in [0, 0.05) is 25.2 Å². The van der Waals surface area contributed by atoms with Gasteiger partial charge in [-0.2, -0.15) is 19.6 Å². The van der Waals surface area contributed by atoms with Crippen molar-refractivity contribution in [1.29, 1.82) is 0 Å². The van der Waals surface area contributed by atoms with Gasteiger partial charge in [-0.3, -0.25) is 0 Å². The van der Waals surface area contributed by atoms with Crippen LogP contribution >= 0.6 is 11.6 Å². The number of aromatic nitrogens is 4. The third-order valence-electron chi connectivity index (χ3n) is 4.83. The van der Waals surface area contributed by atoms with E-state index in [9.17, 15) is 0 Å². The number of rotatable bonds is 9. The first-order valence-corrected chi connectivity index (χ1v) is 10.1. The molecule has 0 saturated carbocycles. The molecular weight excluding hydrogens is 430 g/mol. The summed E-state index contributed by atoms with van der Waals surface area (Å²) >= 11 is 6.35. The second-order valence-corrected chi connectivity index (χ2v) is 8.16. The van der Waals surface area contributed by atoms with Gasteiger partial charge in [-0.25, -0.2) is 19.6 Å². The molecule has 1 fully saturated rings. The second kappa shape index (κ2) is 8.50. The summed E-state index contributed by atoms with van der Waals surface area (Å²) in [6.07, 6.45) is 2.02. The highest BCUT2D eigenvalue weighted by molar-refractivity contribution is 6.33.